The molecule has 0 bridgehead atoms. The van der Waals surface area contributed by atoms with Gasteiger partial charge in [0.2, 0.25) is 0 Å². The molecule has 5 nitrogen and oxygen atoms in total. The SMILES string of the molecule is CC(C)N(CCN)C(=O)c1cnn(-c2ccccc2)c1. The molecule has 0 radical (unpaired) electrons. The van der Waals surface area contributed by atoms with Crippen molar-refractivity contribution in [1.82, 2.24) is 14.7 Å². The number of para-hydroxylation sites is 1. The van der Waals surface area contributed by atoms with Crippen LogP contribution in [0, 0.1) is 0 Å². The van der Waals surface area contributed by atoms with Crippen molar-refractivity contribution < 1.29 is 4.79 Å². The number of nitrogens with two attached hydrogens (primary N) is 1. The molecule has 106 valence electrons. The minimum Gasteiger partial charge on any atom is -0.335 e. The molecule has 0 saturated carbocycles. The van der Waals surface area contributed by atoms with Crippen LogP contribution in [0.15, 0.2) is 42.7 Å². The van der Waals surface area contributed by atoms with Crippen molar-refractivity contribution in [1.29, 1.82) is 0 Å². The first-order chi connectivity index (χ1) is 9.63. The topological polar surface area (TPSA) is 64.2 Å². The molecular formula is C15H20N4O. The maximum atomic E-state index is 12.4. The van der Waals surface area contributed by atoms with Crippen LogP contribution in [0.1, 0.15) is 24.2 Å². The van der Waals surface area contributed by atoms with Crippen LogP contribution in [0.2, 0.25) is 0 Å². The summed E-state index contributed by atoms with van der Waals surface area (Å²) in [5.41, 5.74) is 7.08. The van der Waals surface area contributed by atoms with Gasteiger partial charge in [-0.25, -0.2) is 4.68 Å². The number of benzene rings is 1. The first-order valence-corrected chi connectivity index (χ1v) is 6.74. The van der Waals surface area contributed by atoms with E-state index < -0.39 is 0 Å². The van der Waals surface area contributed by atoms with Crippen LogP contribution in [-0.4, -0.2) is 39.7 Å². The molecule has 0 saturated heterocycles. The minimum atomic E-state index is -0.0346. The van der Waals surface area contributed by atoms with E-state index in [4.69, 9.17) is 5.73 Å². The van der Waals surface area contributed by atoms with E-state index in [1.807, 2.05) is 44.2 Å². The molecule has 0 aliphatic carbocycles. The normalized spacial score (nSPS) is 10.8. The van der Waals surface area contributed by atoms with E-state index in [9.17, 15) is 4.79 Å². The Labute approximate surface area is 119 Å². The van der Waals surface area contributed by atoms with E-state index in [0.29, 0.717) is 18.7 Å². The second kappa shape index (κ2) is 6.34. The number of hydrogen-bond acceptors (Lipinski definition) is 3. The van der Waals surface area contributed by atoms with Crippen LogP contribution in [-0.2, 0) is 0 Å². The van der Waals surface area contributed by atoms with E-state index in [0.717, 1.165) is 5.69 Å². The molecule has 0 fully saturated rings. The Hall–Kier alpha value is -2.14. The van der Waals surface area contributed by atoms with E-state index >= 15 is 0 Å². The molecule has 1 amide bonds. The van der Waals surface area contributed by atoms with Gasteiger partial charge < -0.3 is 10.6 Å². The summed E-state index contributed by atoms with van der Waals surface area (Å²) in [4.78, 5) is 14.2. The second-order valence-corrected chi connectivity index (χ2v) is 4.89. The Bertz CT molecular complexity index is 562. The van der Waals surface area contributed by atoms with E-state index in [-0.39, 0.29) is 11.9 Å². The van der Waals surface area contributed by atoms with Gasteiger partial charge in [0.15, 0.2) is 0 Å². The quantitative estimate of drug-likeness (QED) is 0.900. The van der Waals surface area contributed by atoms with E-state index in [1.54, 1.807) is 22.0 Å². The lowest BCUT2D eigenvalue weighted by molar-refractivity contribution is 0.0712. The number of hydrogen-bond donors (Lipinski definition) is 1. The molecule has 5 heteroatoms. The third-order valence-corrected chi connectivity index (χ3v) is 3.10. The molecule has 0 atom stereocenters. The van der Waals surface area contributed by atoms with Crippen molar-refractivity contribution >= 4 is 5.91 Å². The third-order valence-electron chi connectivity index (χ3n) is 3.10. The van der Waals surface area contributed by atoms with Gasteiger partial charge in [0.05, 0.1) is 17.4 Å². The van der Waals surface area contributed by atoms with Crippen LogP contribution < -0.4 is 5.73 Å². The highest BCUT2D eigenvalue weighted by Gasteiger charge is 2.19. The van der Waals surface area contributed by atoms with Gasteiger partial charge in [-0.2, -0.15) is 5.10 Å². The number of amides is 1. The molecule has 1 aromatic carbocycles. The van der Waals surface area contributed by atoms with Crippen molar-refractivity contribution in [3.63, 3.8) is 0 Å². The lowest BCUT2D eigenvalue weighted by atomic mass is 10.2. The molecule has 1 aromatic heterocycles. The standard InChI is InChI=1S/C15H20N4O/c1-12(2)18(9-8-16)15(20)13-10-17-19(11-13)14-6-4-3-5-7-14/h3-7,10-12H,8-9,16H2,1-2H3. The van der Waals surface area contributed by atoms with Gasteiger partial charge in [-0.05, 0) is 26.0 Å². The third kappa shape index (κ3) is 3.05. The minimum absolute atomic E-state index is 0.0346. The number of carbonyl (C=O) groups excluding carboxylic acids is 1. The Morgan fingerprint density at radius 1 is 1.35 bits per heavy atom. The summed E-state index contributed by atoms with van der Waals surface area (Å²) in [7, 11) is 0. The predicted molar refractivity (Wildman–Crippen MR) is 78.8 cm³/mol. The van der Waals surface area contributed by atoms with Gasteiger partial charge in [-0.1, -0.05) is 18.2 Å². The van der Waals surface area contributed by atoms with Crippen LogP contribution in [0.4, 0.5) is 0 Å². The smallest absolute Gasteiger partial charge is 0.257 e. The molecule has 20 heavy (non-hydrogen) atoms. The van der Waals surface area contributed by atoms with Gasteiger partial charge in [0.25, 0.3) is 5.91 Å². The number of aromatic nitrogens is 2. The molecule has 2 N–H and O–H groups in total. The fraction of sp³-hybridized carbons (Fsp3) is 0.333. The lowest BCUT2D eigenvalue weighted by Gasteiger charge is -2.25. The van der Waals surface area contributed by atoms with Crippen molar-refractivity contribution in [2.45, 2.75) is 19.9 Å². The van der Waals surface area contributed by atoms with Crippen LogP contribution in [0.25, 0.3) is 5.69 Å². The fourth-order valence-corrected chi connectivity index (χ4v) is 2.05. The Morgan fingerprint density at radius 2 is 2.05 bits per heavy atom. The molecule has 0 aliphatic heterocycles. The highest BCUT2D eigenvalue weighted by Crippen LogP contribution is 2.11. The summed E-state index contributed by atoms with van der Waals surface area (Å²) in [5, 5.41) is 4.25. The molecular weight excluding hydrogens is 252 g/mol. The molecule has 2 aromatic rings. The maximum absolute atomic E-state index is 12.4. The van der Waals surface area contributed by atoms with Crippen molar-refractivity contribution in [2.24, 2.45) is 5.73 Å². The Kier molecular flexibility index (Phi) is 4.53. The lowest BCUT2D eigenvalue weighted by Crippen LogP contribution is -2.40. The number of nitrogens with zero attached hydrogens (tertiary/aromatic N) is 3. The molecule has 1 heterocycles. The summed E-state index contributed by atoms with van der Waals surface area (Å²) >= 11 is 0. The average Bonchev–Trinajstić information content (AvgIpc) is 2.94. The van der Waals surface area contributed by atoms with Crippen molar-refractivity contribution in [2.75, 3.05) is 13.1 Å². The zero-order chi connectivity index (χ0) is 14.5. The van der Waals surface area contributed by atoms with Crippen LogP contribution in [0.3, 0.4) is 0 Å². The summed E-state index contributed by atoms with van der Waals surface area (Å²) < 4.78 is 1.70. The van der Waals surface area contributed by atoms with Gasteiger partial charge in [0.1, 0.15) is 0 Å². The van der Waals surface area contributed by atoms with Crippen molar-refractivity contribution in [3.05, 3.63) is 48.3 Å². The summed E-state index contributed by atoms with van der Waals surface area (Å²) in [6.45, 7) is 4.97. The molecule has 0 spiro atoms. The summed E-state index contributed by atoms with van der Waals surface area (Å²) in [6, 6.07) is 9.83. The summed E-state index contributed by atoms with van der Waals surface area (Å²) in [6.07, 6.45) is 3.35. The largest absolute Gasteiger partial charge is 0.335 e. The molecule has 0 unspecified atom stereocenters. The maximum Gasteiger partial charge on any atom is 0.257 e. The number of rotatable bonds is 5. The van der Waals surface area contributed by atoms with E-state index in [1.165, 1.54) is 0 Å². The van der Waals surface area contributed by atoms with Gasteiger partial charge in [0, 0.05) is 25.3 Å². The zero-order valence-electron chi connectivity index (χ0n) is 11.9. The van der Waals surface area contributed by atoms with Crippen LogP contribution >= 0.6 is 0 Å². The van der Waals surface area contributed by atoms with Gasteiger partial charge in [-0.3, -0.25) is 4.79 Å². The molecule has 0 aliphatic rings. The number of carbonyl (C=O) groups is 1. The highest BCUT2D eigenvalue weighted by atomic mass is 16.2. The highest BCUT2D eigenvalue weighted by molar-refractivity contribution is 5.94. The van der Waals surface area contributed by atoms with E-state index in [2.05, 4.69) is 5.10 Å². The zero-order valence-corrected chi connectivity index (χ0v) is 11.9. The first-order valence-electron chi connectivity index (χ1n) is 6.74. The average molecular weight is 272 g/mol. The summed E-state index contributed by atoms with van der Waals surface area (Å²) in [5.74, 6) is -0.0346. The molecule has 2 rings (SSSR count). The Balaban J connectivity index is 2.22. The predicted octanol–water partition coefficient (Wildman–Crippen LogP) is 1.68. The van der Waals surface area contributed by atoms with Crippen LogP contribution in [0.5, 0.6) is 0 Å². The second-order valence-electron chi connectivity index (χ2n) is 4.89. The fourth-order valence-electron chi connectivity index (χ4n) is 2.05. The first kappa shape index (κ1) is 14.3. The van der Waals surface area contributed by atoms with Gasteiger partial charge >= 0.3 is 0 Å². The Morgan fingerprint density at radius 3 is 2.65 bits per heavy atom. The van der Waals surface area contributed by atoms with Gasteiger partial charge in [-0.15, -0.1) is 0 Å². The monoisotopic (exact) mass is 272 g/mol. The van der Waals surface area contributed by atoms with Crippen molar-refractivity contribution in [3.8, 4) is 5.69 Å².